The Morgan fingerprint density at radius 2 is 1.83 bits per heavy atom. The molecule has 1 aliphatic carbocycles. The lowest BCUT2D eigenvalue weighted by atomic mass is 9.66. The lowest BCUT2D eigenvalue weighted by Gasteiger charge is -2.40. The molecule has 124 valence electrons. The molecule has 2 fully saturated rings. The van der Waals surface area contributed by atoms with Crippen LogP contribution in [0.3, 0.4) is 0 Å². The Morgan fingerprint density at radius 3 is 2.43 bits per heavy atom. The number of carbonyl (C=O) groups is 2. The van der Waals surface area contributed by atoms with Crippen LogP contribution in [0.2, 0.25) is 0 Å². The molecule has 4 heteroatoms. The smallest absolute Gasteiger partial charge is 0.310 e. The fourth-order valence-electron chi connectivity index (χ4n) is 3.89. The second-order valence-electron chi connectivity index (χ2n) is 6.98. The Hall–Kier alpha value is -1.84. The van der Waals surface area contributed by atoms with Crippen molar-refractivity contribution in [3.8, 4) is 0 Å². The molecule has 4 nitrogen and oxygen atoms in total. The molecule has 3 rings (SSSR count). The number of carboxylic acids is 1. The molecule has 23 heavy (non-hydrogen) atoms. The highest BCUT2D eigenvalue weighted by Gasteiger charge is 2.47. The molecule has 1 aromatic rings. The molecule has 1 saturated heterocycles. The van der Waals surface area contributed by atoms with Crippen molar-refractivity contribution in [1.82, 2.24) is 4.90 Å². The lowest BCUT2D eigenvalue weighted by Crippen LogP contribution is -2.44. The largest absolute Gasteiger partial charge is 0.481 e. The van der Waals surface area contributed by atoms with E-state index in [1.165, 1.54) is 5.56 Å². The first-order valence-corrected chi connectivity index (χ1v) is 8.70. The number of carboxylic acid groups (broad SMARTS) is 1. The van der Waals surface area contributed by atoms with Gasteiger partial charge in [-0.3, -0.25) is 9.59 Å². The Labute approximate surface area is 137 Å². The SMILES string of the molecule is O=C(CC1(C(=O)O)CCC1)N1CCCCCC1c1ccccc1. The summed E-state index contributed by atoms with van der Waals surface area (Å²) in [4.78, 5) is 26.4. The van der Waals surface area contributed by atoms with E-state index in [4.69, 9.17) is 0 Å². The maximum Gasteiger partial charge on any atom is 0.310 e. The van der Waals surface area contributed by atoms with Crippen LogP contribution < -0.4 is 0 Å². The van der Waals surface area contributed by atoms with E-state index in [0.717, 1.165) is 38.6 Å². The van der Waals surface area contributed by atoms with E-state index < -0.39 is 11.4 Å². The van der Waals surface area contributed by atoms with Crippen molar-refractivity contribution in [2.75, 3.05) is 6.54 Å². The maximum absolute atomic E-state index is 12.9. The van der Waals surface area contributed by atoms with Gasteiger partial charge in [0.15, 0.2) is 0 Å². The van der Waals surface area contributed by atoms with Gasteiger partial charge in [0.2, 0.25) is 5.91 Å². The molecule has 1 amide bonds. The quantitative estimate of drug-likeness (QED) is 0.920. The second-order valence-corrected chi connectivity index (χ2v) is 6.98. The second kappa shape index (κ2) is 6.73. The van der Waals surface area contributed by atoms with Gasteiger partial charge in [0.05, 0.1) is 11.5 Å². The Balaban J connectivity index is 1.79. The summed E-state index contributed by atoms with van der Waals surface area (Å²) in [6.45, 7) is 0.744. The first-order chi connectivity index (χ1) is 11.1. The van der Waals surface area contributed by atoms with Crippen molar-refractivity contribution in [3.05, 3.63) is 35.9 Å². The van der Waals surface area contributed by atoms with Crippen molar-refractivity contribution in [2.45, 2.75) is 57.4 Å². The molecular formula is C19H25NO3. The minimum atomic E-state index is -0.803. The van der Waals surface area contributed by atoms with E-state index in [1.807, 2.05) is 23.1 Å². The number of likely N-dealkylation sites (tertiary alicyclic amines) is 1. The minimum Gasteiger partial charge on any atom is -0.481 e. The van der Waals surface area contributed by atoms with Crippen molar-refractivity contribution in [2.24, 2.45) is 5.41 Å². The monoisotopic (exact) mass is 315 g/mol. The third-order valence-electron chi connectivity index (χ3n) is 5.51. The molecule has 2 aliphatic rings. The predicted molar refractivity (Wildman–Crippen MR) is 87.9 cm³/mol. The van der Waals surface area contributed by atoms with Crippen LogP contribution in [0.4, 0.5) is 0 Å². The van der Waals surface area contributed by atoms with Crippen LogP contribution in [0.5, 0.6) is 0 Å². The summed E-state index contributed by atoms with van der Waals surface area (Å²) in [6, 6.07) is 10.2. The average molecular weight is 315 g/mol. The summed E-state index contributed by atoms with van der Waals surface area (Å²) in [5, 5.41) is 9.50. The third kappa shape index (κ3) is 3.26. The molecule has 1 aromatic carbocycles. The van der Waals surface area contributed by atoms with Gasteiger partial charge in [-0.1, -0.05) is 49.6 Å². The van der Waals surface area contributed by atoms with Gasteiger partial charge < -0.3 is 10.0 Å². The molecule has 0 radical (unpaired) electrons. The Morgan fingerprint density at radius 1 is 1.09 bits per heavy atom. The number of carbonyl (C=O) groups excluding carboxylic acids is 1. The molecule has 1 saturated carbocycles. The topological polar surface area (TPSA) is 57.6 Å². The van der Waals surface area contributed by atoms with Crippen molar-refractivity contribution in [3.63, 3.8) is 0 Å². The van der Waals surface area contributed by atoms with Crippen LogP contribution >= 0.6 is 0 Å². The number of hydrogen-bond acceptors (Lipinski definition) is 2. The van der Waals surface area contributed by atoms with E-state index >= 15 is 0 Å². The van der Waals surface area contributed by atoms with Gasteiger partial charge in [0.25, 0.3) is 0 Å². The van der Waals surface area contributed by atoms with Gasteiger partial charge in [-0.05, 0) is 31.2 Å². The van der Waals surface area contributed by atoms with Crippen molar-refractivity contribution in [1.29, 1.82) is 0 Å². The van der Waals surface area contributed by atoms with Gasteiger partial charge >= 0.3 is 5.97 Å². The van der Waals surface area contributed by atoms with E-state index in [2.05, 4.69) is 12.1 Å². The van der Waals surface area contributed by atoms with Gasteiger partial charge in [0, 0.05) is 13.0 Å². The van der Waals surface area contributed by atoms with Crippen molar-refractivity contribution >= 4 is 11.9 Å². The maximum atomic E-state index is 12.9. The molecule has 0 spiro atoms. The zero-order valence-corrected chi connectivity index (χ0v) is 13.5. The van der Waals surface area contributed by atoms with E-state index in [-0.39, 0.29) is 18.4 Å². The molecule has 1 unspecified atom stereocenters. The predicted octanol–water partition coefficient (Wildman–Crippen LogP) is 3.78. The first-order valence-electron chi connectivity index (χ1n) is 8.70. The number of nitrogens with zero attached hydrogens (tertiary/aromatic N) is 1. The number of amides is 1. The van der Waals surface area contributed by atoms with Crippen LogP contribution in [0, 0.1) is 5.41 Å². The molecule has 1 atom stereocenters. The molecule has 0 aromatic heterocycles. The molecule has 1 N–H and O–H groups in total. The summed E-state index contributed by atoms with van der Waals surface area (Å²) < 4.78 is 0. The highest BCUT2D eigenvalue weighted by atomic mass is 16.4. The summed E-state index contributed by atoms with van der Waals surface area (Å²) in [6.07, 6.45) is 6.58. The van der Waals surface area contributed by atoms with Gasteiger partial charge in [-0.15, -0.1) is 0 Å². The number of hydrogen-bond donors (Lipinski definition) is 1. The van der Waals surface area contributed by atoms with Gasteiger partial charge in [-0.25, -0.2) is 0 Å². The number of rotatable bonds is 4. The zero-order chi connectivity index (χ0) is 16.3. The minimum absolute atomic E-state index is 0.0165. The zero-order valence-electron chi connectivity index (χ0n) is 13.5. The van der Waals surface area contributed by atoms with E-state index in [1.54, 1.807) is 0 Å². The number of aliphatic carboxylic acids is 1. The van der Waals surface area contributed by atoms with E-state index in [0.29, 0.717) is 12.8 Å². The van der Waals surface area contributed by atoms with Crippen LogP contribution in [-0.4, -0.2) is 28.4 Å². The first kappa shape index (κ1) is 16.0. The van der Waals surface area contributed by atoms with E-state index in [9.17, 15) is 14.7 Å². The summed E-state index contributed by atoms with van der Waals surface area (Å²) in [5.41, 5.74) is 0.366. The lowest BCUT2D eigenvalue weighted by molar-refractivity contribution is -0.160. The summed E-state index contributed by atoms with van der Waals surface area (Å²) >= 11 is 0. The van der Waals surface area contributed by atoms with Crippen LogP contribution in [0.25, 0.3) is 0 Å². The highest BCUT2D eigenvalue weighted by Crippen LogP contribution is 2.45. The highest BCUT2D eigenvalue weighted by molar-refractivity contribution is 5.86. The molecule has 1 aliphatic heterocycles. The van der Waals surface area contributed by atoms with Crippen LogP contribution in [-0.2, 0) is 9.59 Å². The normalized spacial score (nSPS) is 23.7. The number of benzene rings is 1. The summed E-state index contributed by atoms with van der Waals surface area (Å²) in [5.74, 6) is -0.786. The van der Waals surface area contributed by atoms with Crippen molar-refractivity contribution < 1.29 is 14.7 Å². The third-order valence-corrected chi connectivity index (χ3v) is 5.51. The summed E-state index contributed by atoms with van der Waals surface area (Å²) in [7, 11) is 0. The van der Waals surface area contributed by atoms with Gasteiger partial charge in [-0.2, -0.15) is 0 Å². The van der Waals surface area contributed by atoms with Crippen LogP contribution in [0.15, 0.2) is 30.3 Å². The molecular weight excluding hydrogens is 290 g/mol. The van der Waals surface area contributed by atoms with Gasteiger partial charge in [0.1, 0.15) is 0 Å². The average Bonchev–Trinajstić information content (AvgIpc) is 2.77. The fraction of sp³-hybridized carbons (Fsp3) is 0.579. The fourth-order valence-corrected chi connectivity index (χ4v) is 3.89. The standard InChI is InChI=1S/C19H25NO3/c21-17(14-19(18(22)23)11-7-12-19)20-13-6-2-5-10-16(20)15-8-3-1-4-9-15/h1,3-4,8-9,16H,2,5-7,10-14H2,(H,22,23). The Bertz CT molecular complexity index is 565. The Kier molecular flexibility index (Phi) is 4.69. The molecule has 1 heterocycles. The molecule has 0 bridgehead atoms. The van der Waals surface area contributed by atoms with Crippen LogP contribution in [0.1, 0.15) is 63.0 Å².